The molecule has 0 atom stereocenters. The molecule has 0 aromatic heterocycles. The monoisotopic (exact) mass is 161 g/mol. The van der Waals surface area contributed by atoms with Crippen LogP contribution >= 0.6 is 0 Å². The average molecular weight is 161 g/mol. The van der Waals surface area contributed by atoms with Gasteiger partial charge in [0.25, 0.3) is 0 Å². The molecule has 0 spiro atoms. The Balaban J connectivity index is 2.39. The summed E-state index contributed by atoms with van der Waals surface area (Å²) in [5.41, 5.74) is 0.816. The van der Waals surface area contributed by atoms with E-state index in [1.807, 2.05) is 29.3 Å². The van der Waals surface area contributed by atoms with Gasteiger partial charge < -0.3 is 9.64 Å². The second kappa shape index (κ2) is 2.70. The number of cyclic esters (lactones) is 1. The Morgan fingerprint density at radius 1 is 1.25 bits per heavy atom. The van der Waals surface area contributed by atoms with Crippen LogP contribution in [0.3, 0.4) is 0 Å². The summed E-state index contributed by atoms with van der Waals surface area (Å²) in [6.07, 6.45) is 12.0. The van der Waals surface area contributed by atoms with Crippen LogP contribution in [0.2, 0.25) is 0 Å². The fourth-order valence-corrected chi connectivity index (χ4v) is 1.04. The maximum Gasteiger partial charge on any atom is 0.337 e. The number of ether oxygens (including phenoxy) is 1. The van der Waals surface area contributed by atoms with E-state index in [-0.39, 0.29) is 5.97 Å². The molecule has 0 saturated heterocycles. The molecule has 0 amide bonds. The third kappa shape index (κ3) is 1.16. The lowest BCUT2D eigenvalue weighted by molar-refractivity contribution is -0.132. The predicted molar refractivity (Wildman–Crippen MR) is 43.4 cm³/mol. The third-order valence-electron chi connectivity index (χ3n) is 1.59. The number of nitrogens with zero attached hydrogens (tertiary/aromatic N) is 1. The second-order valence-electron chi connectivity index (χ2n) is 2.40. The SMILES string of the molecule is O=C1C=C2C=CC=CN2C=CO1. The predicted octanol–water partition coefficient (Wildman–Crippen LogP) is 1.28. The molecule has 12 heavy (non-hydrogen) atoms. The summed E-state index contributed by atoms with van der Waals surface area (Å²) < 4.78 is 4.69. The number of carbonyl (C=O) groups excluding carboxylic acids is 1. The first kappa shape index (κ1) is 6.91. The van der Waals surface area contributed by atoms with Crippen LogP contribution in [0.4, 0.5) is 0 Å². The Bertz CT molecular complexity index is 323. The van der Waals surface area contributed by atoms with E-state index in [9.17, 15) is 4.79 Å². The summed E-state index contributed by atoms with van der Waals surface area (Å²) in [6, 6.07) is 0. The highest BCUT2D eigenvalue weighted by Gasteiger charge is 2.09. The van der Waals surface area contributed by atoms with E-state index in [0.29, 0.717) is 0 Å². The van der Waals surface area contributed by atoms with Crippen molar-refractivity contribution < 1.29 is 9.53 Å². The minimum atomic E-state index is -0.344. The minimum Gasteiger partial charge on any atom is -0.430 e. The molecule has 2 rings (SSSR count). The quantitative estimate of drug-likeness (QED) is 0.501. The summed E-state index contributed by atoms with van der Waals surface area (Å²) in [5, 5.41) is 0. The molecule has 2 aliphatic heterocycles. The second-order valence-corrected chi connectivity index (χ2v) is 2.40. The van der Waals surface area contributed by atoms with Gasteiger partial charge in [0.15, 0.2) is 0 Å². The van der Waals surface area contributed by atoms with Gasteiger partial charge in [-0.25, -0.2) is 4.79 Å². The molecule has 0 aromatic carbocycles. The molecule has 0 bridgehead atoms. The molecule has 0 N–H and O–H groups in total. The fourth-order valence-electron chi connectivity index (χ4n) is 1.04. The topological polar surface area (TPSA) is 29.5 Å². The number of esters is 1. The Labute approximate surface area is 69.9 Å². The van der Waals surface area contributed by atoms with E-state index in [1.54, 1.807) is 6.20 Å². The first-order valence-corrected chi connectivity index (χ1v) is 3.58. The smallest absolute Gasteiger partial charge is 0.337 e. The van der Waals surface area contributed by atoms with Crippen molar-refractivity contribution in [1.29, 1.82) is 0 Å². The van der Waals surface area contributed by atoms with Crippen LogP contribution in [-0.4, -0.2) is 10.9 Å². The van der Waals surface area contributed by atoms with Crippen molar-refractivity contribution in [3.63, 3.8) is 0 Å². The normalized spacial score (nSPS) is 19.8. The van der Waals surface area contributed by atoms with Crippen molar-refractivity contribution in [2.45, 2.75) is 0 Å². The van der Waals surface area contributed by atoms with E-state index < -0.39 is 0 Å². The zero-order chi connectivity index (χ0) is 8.39. The van der Waals surface area contributed by atoms with Gasteiger partial charge >= 0.3 is 5.97 Å². The molecular formula is C9H7NO2. The van der Waals surface area contributed by atoms with Crippen molar-refractivity contribution >= 4 is 5.97 Å². The summed E-state index contributed by atoms with van der Waals surface area (Å²) in [5.74, 6) is -0.344. The number of rotatable bonds is 0. The Hall–Kier alpha value is -1.77. The summed E-state index contributed by atoms with van der Waals surface area (Å²) in [6.45, 7) is 0. The lowest BCUT2D eigenvalue weighted by Gasteiger charge is -2.16. The van der Waals surface area contributed by atoms with E-state index in [2.05, 4.69) is 4.74 Å². The third-order valence-corrected chi connectivity index (χ3v) is 1.59. The molecule has 3 nitrogen and oxygen atoms in total. The van der Waals surface area contributed by atoms with Crippen molar-refractivity contribution in [3.8, 4) is 0 Å². The van der Waals surface area contributed by atoms with Crippen molar-refractivity contribution in [3.05, 3.63) is 48.7 Å². The summed E-state index contributed by atoms with van der Waals surface area (Å²) in [4.78, 5) is 12.7. The molecule has 0 aliphatic carbocycles. The van der Waals surface area contributed by atoms with Crippen LogP contribution in [0.15, 0.2) is 48.7 Å². The molecular weight excluding hydrogens is 154 g/mol. The van der Waals surface area contributed by atoms with Crippen molar-refractivity contribution in [1.82, 2.24) is 4.90 Å². The van der Waals surface area contributed by atoms with E-state index in [4.69, 9.17) is 0 Å². The van der Waals surface area contributed by atoms with Crippen LogP contribution in [0.1, 0.15) is 0 Å². The molecule has 0 unspecified atom stereocenters. The van der Waals surface area contributed by atoms with E-state index >= 15 is 0 Å². The van der Waals surface area contributed by atoms with Gasteiger partial charge in [0.1, 0.15) is 6.26 Å². The Kier molecular flexibility index (Phi) is 1.55. The molecule has 0 radical (unpaired) electrons. The maximum atomic E-state index is 10.9. The lowest BCUT2D eigenvalue weighted by Crippen LogP contribution is -2.08. The van der Waals surface area contributed by atoms with Crippen LogP contribution in [0, 0.1) is 0 Å². The van der Waals surface area contributed by atoms with Crippen molar-refractivity contribution in [2.24, 2.45) is 0 Å². The highest BCUT2D eigenvalue weighted by molar-refractivity contribution is 5.84. The lowest BCUT2D eigenvalue weighted by atomic mass is 10.2. The molecule has 2 heterocycles. The minimum absolute atomic E-state index is 0.344. The number of carbonyl (C=O) groups is 1. The first-order valence-electron chi connectivity index (χ1n) is 3.58. The van der Waals surface area contributed by atoms with Crippen LogP contribution in [-0.2, 0) is 9.53 Å². The summed E-state index contributed by atoms with van der Waals surface area (Å²) >= 11 is 0. The zero-order valence-corrected chi connectivity index (χ0v) is 6.31. The van der Waals surface area contributed by atoms with E-state index in [0.717, 1.165) is 5.70 Å². The Morgan fingerprint density at radius 3 is 3.08 bits per heavy atom. The number of fused-ring (bicyclic) bond motifs is 1. The van der Waals surface area contributed by atoms with Gasteiger partial charge in [-0.2, -0.15) is 0 Å². The van der Waals surface area contributed by atoms with E-state index in [1.165, 1.54) is 12.3 Å². The molecule has 0 fully saturated rings. The van der Waals surface area contributed by atoms with Gasteiger partial charge in [0.2, 0.25) is 0 Å². The van der Waals surface area contributed by atoms with Gasteiger partial charge in [-0.05, 0) is 12.2 Å². The van der Waals surface area contributed by atoms with Crippen LogP contribution in [0.5, 0.6) is 0 Å². The molecule has 3 heteroatoms. The molecule has 0 saturated carbocycles. The van der Waals surface area contributed by atoms with Gasteiger partial charge in [-0.1, -0.05) is 6.08 Å². The number of hydrogen-bond donors (Lipinski definition) is 0. The fraction of sp³-hybridized carbons (Fsp3) is 0. The van der Waals surface area contributed by atoms with Gasteiger partial charge in [-0.15, -0.1) is 0 Å². The summed E-state index contributed by atoms with van der Waals surface area (Å²) in [7, 11) is 0. The average Bonchev–Trinajstić information content (AvgIpc) is 2.25. The first-order chi connectivity index (χ1) is 5.86. The van der Waals surface area contributed by atoms with Gasteiger partial charge in [0.05, 0.1) is 5.70 Å². The van der Waals surface area contributed by atoms with Gasteiger partial charge in [0, 0.05) is 18.5 Å². The van der Waals surface area contributed by atoms with Crippen molar-refractivity contribution in [2.75, 3.05) is 0 Å². The highest BCUT2D eigenvalue weighted by atomic mass is 16.5. The highest BCUT2D eigenvalue weighted by Crippen LogP contribution is 2.15. The molecule has 60 valence electrons. The Morgan fingerprint density at radius 2 is 2.17 bits per heavy atom. The molecule has 0 aromatic rings. The molecule has 2 aliphatic rings. The largest absolute Gasteiger partial charge is 0.430 e. The standard InChI is InChI=1S/C9H7NO2/c11-9-7-8-3-1-2-4-10(8)5-6-12-9/h1-7H. The zero-order valence-electron chi connectivity index (χ0n) is 6.31. The van der Waals surface area contributed by atoms with Crippen LogP contribution in [0.25, 0.3) is 0 Å². The number of hydrogen-bond acceptors (Lipinski definition) is 3. The van der Waals surface area contributed by atoms with Crippen LogP contribution < -0.4 is 0 Å². The van der Waals surface area contributed by atoms with Gasteiger partial charge in [-0.3, -0.25) is 0 Å². The number of allylic oxidation sites excluding steroid dienone is 3. The maximum absolute atomic E-state index is 10.9.